The first-order valence-electron chi connectivity index (χ1n) is 13.9. The van der Waals surface area contributed by atoms with Gasteiger partial charge in [-0.25, -0.2) is 4.79 Å². The van der Waals surface area contributed by atoms with Crippen LogP contribution in [0.4, 0.5) is 19.3 Å². The standard InChI is InChI=1S/C28H36ClF2N5O6/c1-4-41-26(40)35-14-8-27(17-35,24(38)39)16-34-12-9-28(10-13-34,36-21(18(2)3)7-11-32-36)23(37)33-20-6-5-19(29)15-22(20)42-25(30)31/h5-7,11,15,18,25H,4,8-10,12-14,16-17H2,1-3H3,(H,33,37)(H,38,39)/t27-/m1/s1. The smallest absolute Gasteiger partial charge is 0.409 e. The summed E-state index contributed by atoms with van der Waals surface area (Å²) in [7, 11) is 0. The second kappa shape index (κ2) is 12.8. The summed E-state index contributed by atoms with van der Waals surface area (Å²) in [6.45, 7) is 3.95. The minimum absolute atomic E-state index is 0.0312. The highest BCUT2D eigenvalue weighted by atomic mass is 35.5. The second-order valence-corrected chi connectivity index (χ2v) is 11.5. The van der Waals surface area contributed by atoms with Crippen LogP contribution < -0.4 is 10.1 Å². The number of benzene rings is 1. The van der Waals surface area contributed by atoms with E-state index in [1.54, 1.807) is 17.8 Å². The van der Waals surface area contributed by atoms with Crippen molar-refractivity contribution in [2.45, 2.75) is 58.1 Å². The van der Waals surface area contributed by atoms with E-state index in [1.807, 2.05) is 24.8 Å². The maximum Gasteiger partial charge on any atom is 0.409 e. The Balaban J connectivity index is 1.58. The fourth-order valence-corrected chi connectivity index (χ4v) is 5.96. The predicted molar refractivity (Wildman–Crippen MR) is 150 cm³/mol. The zero-order valence-corrected chi connectivity index (χ0v) is 24.6. The van der Waals surface area contributed by atoms with Crippen LogP contribution in [0.15, 0.2) is 30.5 Å². The Morgan fingerprint density at radius 2 is 1.86 bits per heavy atom. The topological polar surface area (TPSA) is 126 Å². The van der Waals surface area contributed by atoms with E-state index in [1.165, 1.54) is 23.1 Å². The van der Waals surface area contributed by atoms with Crippen molar-refractivity contribution in [3.8, 4) is 5.75 Å². The monoisotopic (exact) mass is 611 g/mol. The lowest BCUT2D eigenvalue weighted by Crippen LogP contribution is -2.56. The minimum Gasteiger partial charge on any atom is -0.481 e. The van der Waals surface area contributed by atoms with Crippen LogP contribution in [-0.4, -0.2) is 88.6 Å². The summed E-state index contributed by atoms with van der Waals surface area (Å²) in [5, 5.41) is 17.6. The van der Waals surface area contributed by atoms with Crippen LogP contribution in [0.2, 0.25) is 5.02 Å². The molecule has 0 spiro atoms. The molecule has 2 saturated heterocycles. The van der Waals surface area contributed by atoms with Crippen molar-refractivity contribution in [2.75, 3.05) is 44.6 Å². The molecular formula is C28H36ClF2N5O6. The number of rotatable bonds is 10. The van der Waals surface area contributed by atoms with Gasteiger partial charge in [0.05, 0.1) is 17.7 Å². The number of nitrogens with one attached hydrogen (secondary N) is 1. The molecule has 0 unspecified atom stereocenters. The van der Waals surface area contributed by atoms with E-state index in [-0.39, 0.29) is 67.9 Å². The minimum atomic E-state index is -3.12. The van der Waals surface area contributed by atoms with Crippen molar-refractivity contribution in [1.29, 1.82) is 0 Å². The first-order valence-corrected chi connectivity index (χ1v) is 14.3. The van der Waals surface area contributed by atoms with Gasteiger partial charge in [-0.2, -0.15) is 13.9 Å². The number of piperidine rings is 1. The van der Waals surface area contributed by atoms with Gasteiger partial charge in [0, 0.05) is 55.7 Å². The first-order chi connectivity index (χ1) is 19.9. The number of halogens is 3. The van der Waals surface area contributed by atoms with Gasteiger partial charge in [-0.1, -0.05) is 25.4 Å². The SMILES string of the molecule is CCOC(=O)N1CC[C@](CN2CCC(C(=O)Nc3ccc(Cl)cc3OC(F)F)(n3nccc3C(C)C)CC2)(C(=O)O)C1. The number of hydrogen-bond donors (Lipinski definition) is 2. The highest BCUT2D eigenvalue weighted by molar-refractivity contribution is 6.30. The van der Waals surface area contributed by atoms with Gasteiger partial charge in [-0.3, -0.25) is 14.3 Å². The zero-order valence-electron chi connectivity index (χ0n) is 23.8. The lowest BCUT2D eigenvalue weighted by molar-refractivity contribution is -0.150. The zero-order chi connectivity index (χ0) is 30.7. The second-order valence-electron chi connectivity index (χ2n) is 11.1. The number of carboxylic acids is 1. The van der Waals surface area contributed by atoms with Crippen LogP contribution in [0.5, 0.6) is 5.75 Å². The maximum absolute atomic E-state index is 14.1. The lowest BCUT2D eigenvalue weighted by atomic mass is 9.82. The molecule has 3 heterocycles. The van der Waals surface area contributed by atoms with Crippen LogP contribution in [0.3, 0.4) is 0 Å². The molecule has 42 heavy (non-hydrogen) atoms. The van der Waals surface area contributed by atoms with Crippen LogP contribution >= 0.6 is 11.6 Å². The molecule has 0 radical (unpaired) electrons. The number of amides is 2. The van der Waals surface area contributed by atoms with Gasteiger partial charge in [-0.15, -0.1) is 0 Å². The number of hydrogen-bond acceptors (Lipinski definition) is 7. The van der Waals surface area contributed by atoms with E-state index in [0.717, 1.165) is 5.69 Å². The van der Waals surface area contributed by atoms with E-state index in [9.17, 15) is 28.3 Å². The number of carboxylic acid groups (broad SMARTS) is 1. The molecule has 2 N–H and O–H groups in total. The summed E-state index contributed by atoms with van der Waals surface area (Å²) in [5.41, 5.74) is -1.50. The molecule has 1 aromatic carbocycles. The molecule has 14 heteroatoms. The molecule has 2 aliphatic heterocycles. The Labute approximate surface area is 247 Å². The van der Waals surface area contributed by atoms with Gasteiger partial charge in [-0.05, 0) is 50.3 Å². The number of aliphatic carboxylic acids is 1. The average Bonchev–Trinajstić information content (AvgIpc) is 3.60. The Bertz CT molecular complexity index is 1300. The molecule has 2 fully saturated rings. The van der Waals surface area contributed by atoms with E-state index in [4.69, 9.17) is 16.3 Å². The molecular weight excluding hydrogens is 576 g/mol. The predicted octanol–water partition coefficient (Wildman–Crippen LogP) is 4.62. The fraction of sp³-hybridized carbons (Fsp3) is 0.571. The molecule has 0 bridgehead atoms. The summed E-state index contributed by atoms with van der Waals surface area (Å²) in [6, 6.07) is 5.91. The Kier molecular flexibility index (Phi) is 9.61. The molecule has 2 amide bonds. The maximum atomic E-state index is 14.1. The number of aromatic nitrogens is 2. The van der Waals surface area contributed by atoms with Crippen molar-refractivity contribution in [2.24, 2.45) is 5.41 Å². The highest BCUT2D eigenvalue weighted by Gasteiger charge is 2.51. The highest BCUT2D eigenvalue weighted by Crippen LogP contribution is 2.39. The molecule has 0 aliphatic carbocycles. The van der Waals surface area contributed by atoms with E-state index in [2.05, 4.69) is 15.2 Å². The number of anilines is 1. The van der Waals surface area contributed by atoms with Crippen LogP contribution in [-0.2, 0) is 19.9 Å². The molecule has 2 aliphatic rings. The number of carbonyl (C=O) groups excluding carboxylic acids is 2. The number of alkyl halides is 2. The van der Waals surface area contributed by atoms with Gasteiger partial charge < -0.3 is 29.7 Å². The van der Waals surface area contributed by atoms with Gasteiger partial charge >= 0.3 is 18.7 Å². The first kappa shape index (κ1) is 31.5. The summed E-state index contributed by atoms with van der Waals surface area (Å²) in [6.07, 6.45) is 1.91. The Hall–Kier alpha value is -3.45. The summed E-state index contributed by atoms with van der Waals surface area (Å²) in [4.78, 5) is 42.2. The van der Waals surface area contributed by atoms with E-state index >= 15 is 0 Å². The molecule has 1 aromatic heterocycles. The number of nitrogens with zero attached hydrogens (tertiary/aromatic N) is 4. The molecule has 2 aromatic rings. The third kappa shape index (κ3) is 6.46. The van der Waals surface area contributed by atoms with Crippen molar-refractivity contribution in [3.05, 3.63) is 41.2 Å². The summed E-state index contributed by atoms with van der Waals surface area (Å²) in [5.74, 6) is -1.69. The van der Waals surface area contributed by atoms with E-state index < -0.39 is 35.5 Å². The van der Waals surface area contributed by atoms with Gasteiger partial charge in [0.25, 0.3) is 5.91 Å². The average molecular weight is 612 g/mol. The molecule has 11 nitrogen and oxygen atoms in total. The summed E-state index contributed by atoms with van der Waals surface area (Å²) >= 11 is 5.98. The van der Waals surface area contributed by atoms with Gasteiger partial charge in [0.1, 0.15) is 5.54 Å². The van der Waals surface area contributed by atoms with Crippen molar-refractivity contribution in [1.82, 2.24) is 19.6 Å². The van der Waals surface area contributed by atoms with Gasteiger partial charge in [0.15, 0.2) is 5.75 Å². The molecule has 4 rings (SSSR count). The molecule has 1 atom stereocenters. The number of ether oxygens (including phenoxy) is 2. The Morgan fingerprint density at radius 3 is 2.48 bits per heavy atom. The number of carbonyl (C=O) groups is 3. The largest absolute Gasteiger partial charge is 0.481 e. The van der Waals surface area contributed by atoms with Crippen LogP contribution in [0.25, 0.3) is 0 Å². The number of likely N-dealkylation sites (tertiary alicyclic amines) is 2. The fourth-order valence-electron chi connectivity index (χ4n) is 5.80. The van der Waals surface area contributed by atoms with Crippen LogP contribution in [0.1, 0.15) is 51.6 Å². The van der Waals surface area contributed by atoms with Crippen molar-refractivity contribution >= 4 is 35.3 Å². The summed E-state index contributed by atoms with van der Waals surface area (Å²) < 4.78 is 37.6. The quantitative estimate of drug-likeness (QED) is 0.398. The third-order valence-electron chi connectivity index (χ3n) is 8.04. The lowest BCUT2D eigenvalue weighted by Gasteiger charge is -2.43. The third-order valence-corrected chi connectivity index (χ3v) is 8.28. The van der Waals surface area contributed by atoms with Crippen LogP contribution in [0, 0.1) is 5.41 Å². The molecule has 0 saturated carbocycles. The van der Waals surface area contributed by atoms with Crippen molar-refractivity contribution < 1.29 is 37.7 Å². The van der Waals surface area contributed by atoms with Gasteiger partial charge in [0.2, 0.25) is 0 Å². The van der Waals surface area contributed by atoms with E-state index in [0.29, 0.717) is 13.1 Å². The normalized spacial score (nSPS) is 20.6. The Morgan fingerprint density at radius 1 is 1.14 bits per heavy atom. The van der Waals surface area contributed by atoms with Crippen molar-refractivity contribution in [3.63, 3.8) is 0 Å². The molecule has 230 valence electrons.